The number of amides is 1. The highest BCUT2D eigenvalue weighted by molar-refractivity contribution is 6.32. The van der Waals surface area contributed by atoms with Gasteiger partial charge in [0.2, 0.25) is 18.0 Å². The number of hydrazone groups is 1. The number of nitro groups is 1. The monoisotopic (exact) mass is 461 g/mol. The Morgan fingerprint density at radius 1 is 1.06 bits per heavy atom. The quantitative estimate of drug-likeness (QED) is 0.286. The van der Waals surface area contributed by atoms with E-state index in [4.69, 9.17) is 25.8 Å². The van der Waals surface area contributed by atoms with E-state index in [0.29, 0.717) is 5.56 Å². The highest BCUT2D eigenvalue weighted by Gasteiger charge is 2.34. The van der Waals surface area contributed by atoms with Gasteiger partial charge in [0.15, 0.2) is 11.5 Å². The first kappa shape index (κ1) is 22.7. The van der Waals surface area contributed by atoms with E-state index >= 15 is 0 Å². The molecular formula is C20H16ClN3O8. The second kappa shape index (κ2) is 9.02. The SMILES string of the molecule is CC(=O)Oc1ccc(C2=NN(C(C)=O)[C@@H](c3ccc(Cl)c([N+](=O)[O-])c3)O2)cc1OC(C)=O. The Labute approximate surface area is 186 Å². The molecule has 0 aliphatic carbocycles. The molecule has 0 aromatic heterocycles. The number of carbonyl (C=O) groups is 3. The van der Waals surface area contributed by atoms with Crippen molar-refractivity contribution in [1.82, 2.24) is 5.01 Å². The number of nitro benzene ring substituents is 1. The molecule has 3 rings (SSSR count). The van der Waals surface area contributed by atoms with Crippen molar-refractivity contribution in [3.8, 4) is 11.5 Å². The van der Waals surface area contributed by atoms with Crippen molar-refractivity contribution in [1.29, 1.82) is 0 Å². The van der Waals surface area contributed by atoms with E-state index in [1.54, 1.807) is 0 Å². The number of esters is 2. The van der Waals surface area contributed by atoms with Crippen molar-refractivity contribution in [2.75, 3.05) is 0 Å². The lowest BCUT2D eigenvalue weighted by atomic mass is 10.1. The molecule has 0 spiro atoms. The Kier molecular flexibility index (Phi) is 6.40. The van der Waals surface area contributed by atoms with Crippen molar-refractivity contribution < 1.29 is 33.5 Å². The number of hydrogen-bond acceptors (Lipinski definition) is 9. The number of hydrogen-bond donors (Lipinski definition) is 0. The summed E-state index contributed by atoms with van der Waals surface area (Å²) in [5, 5.41) is 16.3. The predicted octanol–water partition coefficient (Wildman–Crippen LogP) is 3.34. The van der Waals surface area contributed by atoms with Gasteiger partial charge in [-0.25, -0.2) is 0 Å². The molecule has 0 saturated carbocycles. The van der Waals surface area contributed by atoms with Gasteiger partial charge in [-0.15, -0.1) is 5.10 Å². The van der Waals surface area contributed by atoms with Crippen LogP contribution in [0.25, 0.3) is 0 Å². The van der Waals surface area contributed by atoms with Crippen LogP contribution in [0.4, 0.5) is 5.69 Å². The van der Waals surface area contributed by atoms with E-state index in [9.17, 15) is 24.5 Å². The number of halogens is 1. The number of ether oxygens (including phenoxy) is 3. The van der Waals surface area contributed by atoms with Gasteiger partial charge >= 0.3 is 11.9 Å². The molecule has 0 radical (unpaired) electrons. The third-order valence-corrected chi connectivity index (χ3v) is 4.44. The first-order chi connectivity index (χ1) is 15.1. The second-order valence-corrected chi connectivity index (χ2v) is 6.96. The van der Waals surface area contributed by atoms with Gasteiger partial charge in [-0.2, -0.15) is 5.01 Å². The van der Waals surface area contributed by atoms with Gasteiger partial charge in [0.05, 0.1) is 4.92 Å². The van der Waals surface area contributed by atoms with Crippen molar-refractivity contribution in [2.45, 2.75) is 27.0 Å². The van der Waals surface area contributed by atoms with Crippen LogP contribution in [-0.2, 0) is 19.1 Å². The standard InChI is InChI=1S/C20H16ClN3O8/c1-10(25)23-20(14-4-6-15(21)16(8-14)24(28)29)32-19(22-23)13-5-7-17(30-11(2)26)18(9-13)31-12(3)27/h4-9,20H,1-3H3/t20-/m1/s1. The maximum absolute atomic E-state index is 12.1. The summed E-state index contributed by atoms with van der Waals surface area (Å²) in [7, 11) is 0. The molecule has 1 heterocycles. The van der Waals surface area contributed by atoms with Crippen molar-refractivity contribution >= 4 is 41.0 Å². The Bertz CT molecular complexity index is 1160. The molecule has 2 aromatic rings. The van der Waals surface area contributed by atoms with Gasteiger partial charge in [0, 0.05) is 38.0 Å². The lowest BCUT2D eigenvalue weighted by Crippen LogP contribution is -2.25. The van der Waals surface area contributed by atoms with Crippen molar-refractivity contribution in [3.63, 3.8) is 0 Å². The van der Waals surface area contributed by atoms with Crippen LogP contribution >= 0.6 is 11.6 Å². The first-order valence-electron chi connectivity index (χ1n) is 9.07. The summed E-state index contributed by atoms with van der Waals surface area (Å²) < 4.78 is 15.9. The molecule has 1 aliphatic rings. The maximum atomic E-state index is 12.1. The highest BCUT2D eigenvalue weighted by atomic mass is 35.5. The molecule has 0 N–H and O–H groups in total. The van der Waals surface area contributed by atoms with Crippen LogP contribution < -0.4 is 9.47 Å². The highest BCUT2D eigenvalue weighted by Crippen LogP contribution is 2.36. The van der Waals surface area contributed by atoms with Crippen molar-refractivity contribution in [2.24, 2.45) is 5.10 Å². The molecule has 1 aliphatic heterocycles. The predicted molar refractivity (Wildman–Crippen MR) is 110 cm³/mol. The van der Waals surface area contributed by atoms with Gasteiger partial charge < -0.3 is 14.2 Å². The molecule has 0 fully saturated rings. The van der Waals surface area contributed by atoms with Crippen molar-refractivity contribution in [3.05, 3.63) is 62.7 Å². The summed E-state index contributed by atoms with van der Waals surface area (Å²) in [6.45, 7) is 3.62. The molecule has 2 aromatic carbocycles. The summed E-state index contributed by atoms with van der Waals surface area (Å²) in [6.07, 6.45) is -1.09. The largest absolute Gasteiger partial charge is 0.446 e. The number of rotatable bonds is 5. The minimum absolute atomic E-state index is 0.00310. The van der Waals surface area contributed by atoms with Crippen LogP contribution in [0.3, 0.4) is 0 Å². The Hall–Kier alpha value is -3.99. The topological polar surface area (TPSA) is 138 Å². The molecule has 1 atom stereocenters. The van der Waals surface area contributed by atoms with Crippen LogP contribution in [0.5, 0.6) is 11.5 Å². The van der Waals surface area contributed by atoms with Gasteiger partial charge in [-0.05, 0) is 24.3 Å². The molecule has 0 unspecified atom stereocenters. The van der Waals surface area contributed by atoms with E-state index in [0.717, 1.165) is 5.01 Å². The van der Waals surface area contributed by atoms with Gasteiger partial charge in [0.1, 0.15) is 5.02 Å². The number of carbonyl (C=O) groups excluding carboxylic acids is 3. The van der Waals surface area contributed by atoms with Crippen LogP contribution in [0, 0.1) is 10.1 Å². The minimum atomic E-state index is -1.09. The smallest absolute Gasteiger partial charge is 0.308 e. The molecule has 32 heavy (non-hydrogen) atoms. The third-order valence-electron chi connectivity index (χ3n) is 4.12. The molecule has 12 heteroatoms. The zero-order valence-electron chi connectivity index (χ0n) is 17.0. The summed E-state index contributed by atoms with van der Waals surface area (Å²) in [4.78, 5) is 45.4. The van der Waals surface area contributed by atoms with Crippen LogP contribution in [0.2, 0.25) is 5.02 Å². The average Bonchev–Trinajstić information content (AvgIpc) is 3.14. The van der Waals surface area contributed by atoms with E-state index in [1.165, 1.54) is 57.2 Å². The lowest BCUT2D eigenvalue weighted by Gasteiger charge is -2.19. The zero-order valence-corrected chi connectivity index (χ0v) is 17.8. The molecule has 11 nitrogen and oxygen atoms in total. The van der Waals surface area contributed by atoms with Gasteiger partial charge in [-0.1, -0.05) is 17.7 Å². The van der Waals surface area contributed by atoms with Crippen LogP contribution in [-0.4, -0.2) is 33.7 Å². The summed E-state index contributed by atoms with van der Waals surface area (Å²) in [5.41, 5.74) is 0.216. The fraction of sp³-hybridized carbons (Fsp3) is 0.200. The fourth-order valence-corrected chi connectivity index (χ4v) is 3.02. The van der Waals surface area contributed by atoms with Crippen LogP contribution in [0.15, 0.2) is 41.5 Å². The Morgan fingerprint density at radius 2 is 1.72 bits per heavy atom. The average molecular weight is 462 g/mol. The maximum Gasteiger partial charge on any atom is 0.308 e. The first-order valence-corrected chi connectivity index (χ1v) is 9.44. The molecule has 166 valence electrons. The van der Waals surface area contributed by atoms with E-state index in [-0.39, 0.29) is 33.7 Å². The normalized spacial score (nSPS) is 14.9. The van der Waals surface area contributed by atoms with E-state index < -0.39 is 29.0 Å². The summed E-state index contributed by atoms with van der Waals surface area (Å²) in [6, 6.07) is 8.19. The molecule has 1 amide bonds. The molecule has 0 saturated heterocycles. The van der Waals surface area contributed by atoms with Gasteiger partial charge in [0.25, 0.3) is 5.69 Å². The minimum Gasteiger partial charge on any atom is -0.446 e. The van der Waals surface area contributed by atoms with E-state index in [2.05, 4.69) is 5.10 Å². The van der Waals surface area contributed by atoms with Gasteiger partial charge in [-0.3, -0.25) is 24.5 Å². The summed E-state index contributed by atoms with van der Waals surface area (Å²) in [5.74, 6) is -1.83. The number of nitrogens with zero attached hydrogens (tertiary/aromatic N) is 3. The molecule has 0 bridgehead atoms. The zero-order chi connectivity index (χ0) is 23.6. The summed E-state index contributed by atoms with van der Waals surface area (Å²) >= 11 is 5.86. The second-order valence-electron chi connectivity index (χ2n) is 6.56. The lowest BCUT2D eigenvalue weighted by molar-refractivity contribution is -0.384. The fourth-order valence-electron chi connectivity index (χ4n) is 2.84. The third kappa shape index (κ3) is 4.83. The Morgan fingerprint density at radius 3 is 2.31 bits per heavy atom. The van der Waals surface area contributed by atoms with Crippen LogP contribution in [0.1, 0.15) is 38.1 Å². The van der Waals surface area contributed by atoms with E-state index in [1.807, 2.05) is 0 Å². The molecular weight excluding hydrogens is 446 g/mol. The number of benzene rings is 2. The Balaban J connectivity index is 1.99.